The van der Waals surface area contributed by atoms with E-state index in [1.807, 2.05) is 0 Å². The van der Waals surface area contributed by atoms with Crippen molar-refractivity contribution in [3.63, 3.8) is 0 Å². The third-order valence-corrected chi connectivity index (χ3v) is 3.02. The van der Waals surface area contributed by atoms with Crippen LogP contribution in [0, 0.1) is 5.92 Å². The molecule has 0 amide bonds. The Balaban J connectivity index is 2.18. The van der Waals surface area contributed by atoms with E-state index in [9.17, 15) is 0 Å². The summed E-state index contributed by atoms with van der Waals surface area (Å²) < 4.78 is 0. The van der Waals surface area contributed by atoms with Gasteiger partial charge in [-0.15, -0.1) is 0 Å². The lowest BCUT2D eigenvalue weighted by Gasteiger charge is -1.96. The van der Waals surface area contributed by atoms with Crippen molar-refractivity contribution >= 4 is 27.7 Å². The highest BCUT2D eigenvalue weighted by Crippen LogP contribution is 2.24. The van der Waals surface area contributed by atoms with Crippen LogP contribution < -0.4 is 0 Å². The van der Waals surface area contributed by atoms with Crippen LogP contribution in [0.2, 0.25) is 0 Å². The van der Waals surface area contributed by atoms with E-state index in [2.05, 4.69) is 39.8 Å². The lowest BCUT2D eigenvalue weighted by Crippen LogP contribution is -1.90. The van der Waals surface area contributed by atoms with Crippen LogP contribution in [-0.4, -0.2) is 16.8 Å². The molecule has 1 fully saturated rings. The normalized spacial score (nSPS) is 27.9. The minimum absolute atomic E-state index is 0.868. The molecule has 9 heavy (non-hydrogen) atoms. The zero-order chi connectivity index (χ0) is 6.53. The summed E-state index contributed by atoms with van der Waals surface area (Å²) in [6.45, 7) is 0. The monoisotopic (exact) mass is 206 g/mol. The van der Waals surface area contributed by atoms with Crippen LogP contribution in [0.1, 0.15) is 6.42 Å². The van der Waals surface area contributed by atoms with Gasteiger partial charge in [-0.2, -0.15) is 11.8 Å². The molecule has 0 aromatic heterocycles. The molecule has 1 aliphatic heterocycles. The molecule has 0 radical (unpaired) electrons. The minimum Gasteiger partial charge on any atom is -0.161 e. The summed E-state index contributed by atoms with van der Waals surface area (Å²) in [5.41, 5.74) is 0. The van der Waals surface area contributed by atoms with Crippen LogP contribution in [0.4, 0.5) is 0 Å². The summed E-state index contributed by atoms with van der Waals surface area (Å²) in [6, 6.07) is 0. The Kier molecular flexibility index (Phi) is 3.75. The van der Waals surface area contributed by atoms with Crippen LogP contribution >= 0.6 is 27.7 Å². The first-order valence-corrected chi connectivity index (χ1v) is 5.51. The van der Waals surface area contributed by atoms with E-state index in [-0.39, 0.29) is 0 Å². The number of rotatable bonds is 2. The zero-order valence-corrected chi connectivity index (χ0v) is 7.75. The summed E-state index contributed by atoms with van der Waals surface area (Å²) >= 11 is 5.43. The molecule has 1 heterocycles. The van der Waals surface area contributed by atoms with E-state index >= 15 is 0 Å². The van der Waals surface area contributed by atoms with E-state index in [4.69, 9.17) is 0 Å². The summed E-state index contributed by atoms with van der Waals surface area (Å²) in [6.07, 6.45) is 5.92. The quantitative estimate of drug-likeness (QED) is 0.495. The van der Waals surface area contributed by atoms with Gasteiger partial charge in [0, 0.05) is 5.33 Å². The molecule has 1 rings (SSSR count). The fraction of sp³-hybridized carbons (Fsp3) is 0.714. The van der Waals surface area contributed by atoms with Crippen LogP contribution in [0.25, 0.3) is 0 Å². The fourth-order valence-corrected chi connectivity index (χ4v) is 2.38. The number of halogens is 1. The Labute approximate surface area is 69.2 Å². The second-order valence-electron chi connectivity index (χ2n) is 2.21. The van der Waals surface area contributed by atoms with Crippen molar-refractivity contribution in [1.29, 1.82) is 0 Å². The van der Waals surface area contributed by atoms with Crippen molar-refractivity contribution in [3.8, 4) is 0 Å². The zero-order valence-electron chi connectivity index (χ0n) is 5.35. The van der Waals surface area contributed by atoms with Crippen molar-refractivity contribution in [1.82, 2.24) is 0 Å². The van der Waals surface area contributed by atoms with Crippen molar-refractivity contribution in [3.05, 3.63) is 12.2 Å². The highest BCUT2D eigenvalue weighted by molar-refractivity contribution is 9.09. The van der Waals surface area contributed by atoms with Gasteiger partial charge < -0.3 is 0 Å². The third-order valence-electron chi connectivity index (χ3n) is 1.46. The number of allylic oxidation sites excluding steroid dienone is 2. The third kappa shape index (κ3) is 2.76. The van der Waals surface area contributed by atoms with Crippen molar-refractivity contribution in [2.75, 3.05) is 16.8 Å². The maximum Gasteiger partial charge on any atom is 0.0212 e. The number of hydrogen-bond donors (Lipinski definition) is 0. The molecule has 1 atom stereocenters. The van der Waals surface area contributed by atoms with Crippen molar-refractivity contribution in [2.24, 2.45) is 5.92 Å². The van der Waals surface area contributed by atoms with E-state index in [0.717, 1.165) is 11.2 Å². The van der Waals surface area contributed by atoms with Crippen molar-refractivity contribution < 1.29 is 0 Å². The topological polar surface area (TPSA) is 0 Å². The van der Waals surface area contributed by atoms with Gasteiger partial charge in [0.05, 0.1) is 0 Å². The maximum absolute atomic E-state index is 3.36. The molecular weight excluding hydrogens is 196 g/mol. The molecule has 1 saturated heterocycles. The lowest BCUT2D eigenvalue weighted by molar-refractivity contribution is 0.747. The first-order valence-electron chi connectivity index (χ1n) is 3.24. The van der Waals surface area contributed by atoms with Gasteiger partial charge >= 0.3 is 0 Å². The molecule has 0 aromatic carbocycles. The number of thioether (sulfide) groups is 1. The average Bonchev–Trinajstić information content (AvgIpc) is 2.34. The van der Waals surface area contributed by atoms with E-state index in [1.165, 1.54) is 17.9 Å². The Morgan fingerprint density at radius 3 is 3.11 bits per heavy atom. The lowest BCUT2D eigenvalue weighted by atomic mass is 10.1. The Morgan fingerprint density at radius 2 is 2.56 bits per heavy atom. The standard InChI is InChI=1S/C7H11BrS/c8-4-1-2-7-3-5-9-6-7/h1-2,7H,3-6H2/b2-1+. The first kappa shape index (κ1) is 7.67. The smallest absolute Gasteiger partial charge is 0.0212 e. The second kappa shape index (κ2) is 4.40. The number of alkyl halides is 1. The maximum atomic E-state index is 3.36. The average molecular weight is 207 g/mol. The summed E-state index contributed by atoms with van der Waals surface area (Å²) in [4.78, 5) is 0. The van der Waals surface area contributed by atoms with Gasteiger partial charge in [0.1, 0.15) is 0 Å². The van der Waals surface area contributed by atoms with Crippen LogP contribution in [-0.2, 0) is 0 Å². The summed E-state index contributed by atoms with van der Waals surface area (Å²) in [5.74, 6) is 3.56. The van der Waals surface area contributed by atoms with Gasteiger partial charge in [-0.1, -0.05) is 28.1 Å². The van der Waals surface area contributed by atoms with Crippen molar-refractivity contribution in [2.45, 2.75) is 6.42 Å². The van der Waals surface area contributed by atoms with Crippen LogP contribution in [0.3, 0.4) is 0 Å². The number of hydrogen-bond acceptors (Lipinski definition) is 1. The molecule has 0 aromatic rings. The molecular formula is C7H11BrS. The Hall–Kier alpha value is 0.570. The van der Waals surface area contributed by atoms with Gasteiger partial charge in [-0.05, 0) is 23.8 Å². The van der Waals surface area contributed by atoms with Gasteiger partial charge in [0.2, 0.25) is 0 Å². The highest BCUT2D eigenvalue weighted by Gasteiger charge is 2.10. The fourth-order valence-electron chi connectivity index (χ4n) is 0.948. The molecule has 0 bridgehead atoms. The van der Waals surface area contributed by atoms with Gasteiger partial charge in [-0.3, -0.25) is 0 Å². The summed E-state index contributed by atoms with van der Waals surface area (Å²) in [7, 11) is 0. The van der Waals surface area contributed by atoms with Gasteiger partial charge in [0.25, 0.3) is 0 Å². The molecule has 0 aliphatic carbocycles. The highest BCUT2D eigenvalue weighted by atomic mass is 79.9. The first-order chi connectivity index (χ1) is 4.43. The second-order valence-corrected chi connectivity index (χ2v) is 4.00. The molecule has 2 heteroatoms. The molecule has 1 unspecified atom stereocenters. The molecule has 0 spiro atoms. The largest absolute Gasteiger partial charge is 0.161 e. The molecule has 0 N–H and O–H groups in total. The SMILES string of the molecule is BrC/C=C/C1CCSC1. The predicted octanol–water partition coefficient (Wildman–Crippen LogP) is 2.69. The summed E-state index contributed by atoms with van der Waals surface area (Å²) in [5, 5.41) is 1.01. The van der Waals surface area contributed by atoms with Crippen LogP contribution in [0.5, 0.6) is 0 Å². The van der Waals surface area contributed by atoms with Gasteiger partial charge in [-0.25, -0.2) is 0 Å². The van der Waals surface area contributed by atoms with E-state index in [1.54, 1.807) is 0 Å². The molecule has 52 valence electrons. The molecule has 0 saturated carbocycles. The van der Waals surface area contributed by atoms with E-state index in [0.29, 0.717) is 0 Å². The molecule has 0 nitrogen and oxygen atoms in total. The minimum atomic E-state index is 0.868. The Bertz CT molecular complexity index is 95.1. The predicted molar refractivity (Wildman–Crippen MR) is 48.4 cm³/mol. The Morgan fingerprint density at radius 1 is 1.67 bits per heavy atom. The van der Waals surface area contributed by atoms with Gasteiger partial charge in [0.15, 0.2) is 0 Å². The van der Waals surface area contributed by atoms with Crippen LogP contribution in [0.15, 0.2) is 12.2 Å². The molecule has 1 aliphatic rings. The van der Waals surface area contributed by atoms with E-state index < -0.39 is 0 Å².